The minimum absolute atomic E-state index is 0.155. The van der Waals surface area contributed by atoms with Crippen molar-refractivity contribution in [1.82, 2.24) is 9.80 Å². The number of carbonyl (C=O) groups excluding carboxylic acids is 1. The summed E-state index contributed by atoms with van der Waals surface area (Å²) in [6, 6.07) is 1.62. The van der Waals surface area contributed by atoms with E-state index < -0.39 is 5.60 Å². The van der Waals surface area contributed by atoms with Crippen LogP contribution in [0.2, 0.25) is 0 Å². The molecule has 0 spiro atoms. The molecule has 0 N–H and O–H groups in total. The number of ether oxygens (including phenoxy) is 1. The molecule has 1 amide bonds. The first-order chi connectivity index (χ1) is 9.28. The number of rotatable bonds is 1. The molecule has 0 bridgehead atoms. The summed E-state index contributed by atoms with van der Waals surface area (Å²) < 4.78 is 5.50. The van der Waals surface area contributed by atoms with Gasteiger partial charge in [-0.25, -0.2) is 4.79 Å². The standard InChI is InChI=1S/C16H30N2O2/c1-12-7-6-9-17(12)14-8-10-18(13(2)11-14)15(19)20-16(3,4)5/h12-14H,6-11H2,1-5H3. The molecular weight excluding hydrogens is 252 g/mol. The number of carbonyl (C=O) groups is 1. The highest BCUT2D eigenvalue weighted by atomic mass is 16.6. The molecule has 4 heteroatoms. The van der Waals surface area contributed by atoms with Crippen LogP contribution in [0.25, 0.3) is 0 Å². The molecule has 2 saturated heterocycles. The maximum absolute atomic E-state index is 12.2. The largest absolute Gasteiger partial charge is 0.444 e. The molecule has 0 radical (unpaired) electrons. The van der Waals surface area contributed by atoms with E-state index >= 15 is 0 Å². The highest BCUT2D eigenvalue weighted by molar-refractivity contribution is 5.68. The molecule has 2 heterocycles. The van der Waals surface area contributed by atoms with Gasteiger partial charge in [-0.2, -0.15) is 0 Å². The maximum atomic E-state index is 12.2. The quantitative estimate of drug-likeness (QED) is 0.740. The minimum Gasteiger partial charge on any atom is -0.444 e. The Bertz CT molecular complexity index is 351. The van der Waals surface area contributed by atoms with Crippen LogP contribution >= 0.6 is 0 Å². The molecule has 0 aromatic carbocycles. The molecule has 3 atom stereocenters. The number of nitrogens with zero attached hydrogens (tertiary/aromatic N) is 2. The van der Waals surface area contributed by atoms with E-state index in [1.54, 1.807) is 0 Å². The Balaban J connectivity index is 1.90. The second kappa shape index (κ2) is 5.92. The SMILES string of the molecule is CC1CC(N2CCCC2C)CCN1C(=O)OC(C)(C)C. The van der Waals surface area contributed by atoms with Crippen LogP contribution in [-0.4, -0.2) is 52.7 Å². The first-order valence-corrected chi connectivity index (χ1v) is 8.03. The third kappa shape index (κ3) is 3.66. The van der Waals surface area contributed by atoms with Crippen molar-refractivity contribution in [2.24, 2.45) is 0 Å². The summed E-state index contributed by atoms with van der Waals surface area (Å²) in [5, 5.41) is 0. The Kier molecular flexibility index (Phi) is 4.62. The lowest BCUT2D eigenvalue weighted by molar-refractivity contribution is 0.000927. The number of hydrogen-bond donors (Lipinski definition) is 0. The van der Waals surface area contributed by atoms with Crippen molar-refractivity contribution < 1.29 is 9.53 Å². The van der Waals surface area contributed by atoms with Crippen LogP contribution in [0.4, 0.5) is 4.79 Å². The summed E-state index contributed by atoms with van der Waals surface area (Å²) in [6.45, 7) is 12.3. The third-order valence-electron chi connectivity index (χ3n) is 4.55. The first-order valence-electron chi connectivity index (χ1n) is 8.03. The van der Waals surface area contributed by atoms with Gasteiger partial charge >= 0.3 is 6.09 Å². The van der Waals surface area contributed by atoms with Crippen LogP contribution < -0.4 is 0 Å². The van der Waals surface area contributed by atoms with Gasteiger partial charge in [-0.1, -0.05) is 0 Å². The summed E-state index contributed by atoms with van der Waals surface area (Å²) in [7, 11) is 0. The van der Waals surface area contributed by atoms with Crippen LogP contribution in [0, 0.1) is 0 Å². The van der Waals surface area contributed by atoms with E-state index in [1.807, 2.05) is 25.7 Å². The smallest absolute Gasteiger partial charge is 0.410 e. The molecule has 0 aromatic rings. The molecule has 2 aliphatic heterocycles. The van der Waals surface area contributed by atoms with Gasteiger partial charge in [0.05, 0.1) is 0 Å². The van der Waals surface area contributed by atoms with Crippen LogP contribution in [0.5, 0.6) is 0 Å². The van der Waals surface area contributed by atoms with Crippen LogP contribution in [0.3, 0.4) is 0 Å². The van der Waals surface area contributed by atoms with Crippen molar-refractivity contribution in [3.63, 3.8) is 0 Å². The molecule has 0 aromatic heterocycles. The van der Waals surface area contributed by atoms with Gasteiger partial charge < -0.3 is 9.64 Å². The molecule has 0 saturated carbocycles. The summed E-state index contributed by atoms with van der Waals surface area (Å²) in [5.74, 6) is 0. The number of piperidine rings is 1. The molecule has 2 rings (SSSR count). The predicted molar refractivity (Wildman–Crippen MR) is 80.8 cm³/mol. The number of amides is 1. The highest BCUT2D eigenvalue weighted by Gasteiger charge is 2.36. The van der Waals surface area contributed by atoms with Gasteiger partial charge in [0.2, 0.25) is 0 Å². The van der Waals surface area contributed by atoms with Crippen LogP contribution in [0.1, 0.15) is 60.3 Å². The van der Waals surface area contributed by atoms with E-state index in [0.29, 0.717) is 12.1 Å². The lowest BCUT2D eigenvalue weighted by Crippen LogP contribution is -2.52. The van der Waals surface area contributed by atoms with Crippen molar-refractivity contribution in [2.75, 3.05) is 13.1 Å². The minimum atomic E-state index is -0.406. The molecular formula is C16H30N2O2. The van der Waals surface area contributed by atoms with E-state index in [-0.39, 0.29) is 12.1 Å². The van der Waals surface area contributed by atoms with Gasteiger partial charge in [-0.05, 0) is 66.8 Å². The van der Waals surface area contributed by atoms with Gasteiger partial charge in [-0.3, -0.25) is 4.90 Å². The van der Waals surface area contributed by atoms with E-state index in [2.05, 4.69) is 18.7 Å². The Labute approximate surface area is 123 Å². The zero-order chi connectivity index (χ0) is 14.9. The number of hydrogen-bond acceptors (Lipinski definition) is 3. The summed E-state index contributed by atoms with van der Waals surface area (Å²) in [5.41, 5.74) is -0.406. The summed E-state index contributed by atoms with van der Waals surface area (Å²) in [4.78, 5) is 16.8. The first kappa shape index (κ1) is 15.6. The van der Waals surface area contributed by atoms with E-state index in [9.17, 15) is 4.79 Å². The Morgan fingerprint density at radius 2 is 1.80 bits per heavy atom. The van der Waals surface area contributed by atoms with Crippen molar-refractivity contribution >= 4 is 6.09 Å². The zero-order valence-electron chi connectivity index (χ0n) is 13.7. The second-order valence-electron chi connectivity index (χ2n) is 7.43. The van der Waals surface area contributed by atoms with E-state index in [0.717, 1.165) is 19.4 Å². The third-order valence-corrected chi connectivity index (χ3v) is 4.55. The monoisotopic (exact) mass is 282 g/mol. The van der Waals surface area contributed by atoms with Gasteiger partial charge in [0, 0.05) is 24.7 Å². The predicted octanol–water partition coefficient (Wildman–Crippen LogP) is 3.26. The Morgan fingerprint density at radius 3 is 2.30 bits per heavy atom. The molecule has 2 aliphatic rings. The normalized spacial score (nSPS) is 32.5. The molecule has 116 valence electrons. The van der Waals surface area contributed by atoms with Crippen molar-refractivity contribution in [3.8, 4) is 0 Å². The fourth-order valence-electron chi connectivity index (χ4n) is 3.54. The fourth-order valence-corrected chi connectivity index (χ4v) is 3.54. The van der Waals surface area contributed by atoms with Crippen LogP contribution in [0.15, 0.2) is 0 Å². The van der Waals surface area contributed by atoms with Crippen LogP contribution in [-0.2, 0) is 4.74 Å². The Morgan fingerprint density at radius 1 is 1.10 bits per heavy atom. The zero-order valence-corrected chi connectivity index (χ0v) is 13.7. The highest BCUT2D eigenvalue weighted by Crippen LogP contribution is 2.29. The van der Waals surface area contributed by atoms with E-state index in [1.165, 1.54) is 19.4 Å². The topological polar surface area (TPSA) is 32.8 Å². The summed E-state index contributed by atoms with van der Waals surface area (Å²) >= 11 is 0. The van der Waals surface area contributed by atoms with Gasteiger partial charge in [-0.15, -0.1) is 0 Å². The average molecular weight is 282 g/mol. The van der Waals surface area contributed by atoms with Crippen molar-refractivity contribution in [1.29, 1.82) is 0 Å². The average Bonchev–Trinajstić information content (AvgIpc) is 2.72. The number of likely N-dealkylation sites (tertiary alicyclic amines) is 2. The van der Waals surface area contributed by atoms with Crippen molar-refractivity contribution in [3.05, 3.63) is 0 Å². The molecule has 0 aliphatic carbocycles. The van der Waals surface area contributed by atoms with E-state index in [4.69, 9.17) is 4.74 Å². The van der Waals surface area contributed by atoms with Gasteiger partial charge in [0.25, 0.3) is 0 Å². The lowest BCUT2D eigenvalue weighted by Gasteiger charge is -2.42. The maximum Gasteiger partial charge on any atom is 0.410 e. The fraction of sp³-hybridized carbons (Fsp3) is 0.938. The van der Waals surface area contributed by atoms with Gasteiger partial charge in [0.15, 0.2) is 0 Å². The molecule has 2 fully saturated rings. The lowest BCUT2D eigenvalue weighted by atomic mass is 9.96. The van der Waals surface area contributed by atoms with Crippen molar-refractivity contribution in [2.45, 2.75) is 84.0 Å². The second-order valence-corrected chi connectivity index (χ2v) is 7.43. The molecule has 3 unspecified atom stereocenters. The summed E-state index contributed by atoms with van der Waals surface area (Å²) in [6.07, 6.45) is 4.64. The van der Waals surface area contributed by atoms with Gasteiger partial charge in [0.1, 0.15) is 5.60 Å². The molecule has 4 nitrogen and oxygen atoms in total. The molecule has 20 heavy (non-hydrogen) atoms. The Hall–Kier alpha value is -0.770.